The van der Waals surface area contributed by atoms with E-state index in [4.69, 9.17) is 4.52 Å². The van der Waals surface area contributed by atoms with Crippen LogP contribution in [0.5, 0.6) is 0 Å². The lowest BCUT2D eigenvalue weighted by molar-refractivity contribution is -0.116. The van der Waals surface area contributed by atoms with E-state index in [0.717, 1.165) is 11.1 Å². The standard InChI is InChI=1S/C20H22N4O2/c1-13(2)15-5-7-16(8-6-15)20-23-19(26-24-20)11-10-18(25)22-17-9-4-14(3)12-21-17/h4-9,12-13H,10-11H2,1-3H3,(H,21,22,25). The molecule has 1 aromatic carbocycles. The number of carbonyl (C=O) groups excluding carboxylic acids is 1. The summed E-state index contributed by atoms with van der Waals surface area (Å²) in [6, 6.07) is 11.8. The van der Waals surface area contributed by atoms with Gasteiger partial charge in [0.1, 0.15) is 5.82 Å². The van der Waals surface area contributed by atoms with Crippen molar-refractivity contribution in [3.05, 3.63) is 59.6 Å². The number of rotatable bonds is 6. The minimum Gasteiger partial charge on any atom is -0.339 e. The summed E-state index contributed by atoms with van der Waals surface area (Å²) in [4.78, 5) is 20.5. The highest BCUT2D eigenvalue weighted by atomic mass is 16.5. The van der Waals surface area contributed by atoms with E-state index in [1.807, 2.05) is 25.1 Å². The molecule has 0 saturated heterocycles. The van der Waals surface area contributed by atoms with Gasteiger partial charge in [-0.2, -0.15) is 4.98 Å². The molecule has 0 bridgehead atoms. The van der Waals surface area contributed by atoms with E-state index in [1.165, 1.54) is 5.56 Å². The van der Waals surface area contributed by atoms with E-state index in [0.29, 0.717) is 29.9 Å². The van der Waals surface area contributed by atoms with E-state index in [-0.39, 0.29) is 12.3 Å². The van der Waals surface area contributed by atoms with E-state index < -0.39 is 0 Å². The van der Waals surface area contributed by atoms with Crippen LogP contribution in [0.2, 0.25) is 0 Å². The molecule has 0 atom stereocenters. The van der Waals surface area contributed by atoms with Gasteiger partial charge in [0.15, 0.2) is 0 Å². The van der Waals surface area contributed by atoms with Crippen molar-refractivity contribution in [3.63, 3.8) is 0 Å². The van der Waals surface area contributed by atoms with Crippen LogP contribution in [0.4, 0.5) is 5.82 Å². The third-order valence-corrected chi connectivity index (χ3v) is 4.05. The van der Waals surface area contributed by atoms with Gasteiger partial charge in [0.25, 0.3) is 0 Å². The Balaban J connectivity index is 1.56. The number of aryl methyl sites for hydroxylation is 2. The third-order valence-electron chi connectivity index (χ3n) is 4.05. The molecule has 134 valence electrons. The molecule has 2 heterocycles. The Bertz CT molecular complexity index is 868. The first-order chi connectivity index (χ1) is 12.5. The van der Waals surface area contributed by atoms with Gasteiger partial charge in [-0.05, 0) is 30.0 Å². The summed E-state index contributed by atoms with van der Waals surface area (Å²) in [6.07, 6.45) is 2.35. The van der Waals surface area contributed by atoms with Crippen LogP contribution < -0.4 is 5.32 Å². The van der Waals surface area contributed by atoms with Crippen LogP contribution >= 0.6 is 0 Å². The number of nitrogens with zero attached hydrogens (tertiary/aromatic N) is 3. The van der Waals surface area contributed by atoms with Crippen LogP contribution in [-0.4, -0.2) is 21.0 Å². The zero-order valence-electron chi connectivity index (χ0n) is 15.2. The summed E-state index contributed by atoms with van der Waals surface area (Å²) < 4.78 is 5.26. The molecule has 1 amide bonds. The molecule has 0 radical (unpaired) electrons. The van der Waals surface area contributed by atoms with Crippen LogP contribution in [0.15, 0.2) is 47.1 Å². The normalized spacial score (nSPS) is 10.9. The van der Waals surface area contributed by atoms with Crippen LogP contribution in [0.1, 0.15) is 43.2 Å². The Hall–Kier alpha value is -3.02. The predicted octanol–water partition coefficient (Wildman–Crippen LogP) is 4.13. The fourth-order valence-electron chi connectivity index (χ4n) is 2.46. The fourth-order valence-corrected chi connectivity index (χ4v) is 2.46. The lowest BCUT2D eigenvalue weighted by atomic mass is 10.0. The van der Waals surface area contributed by atoms with Crippen LogP contribution in [-0.2, 0) is 11.2 Å². The zero-order chi connectivity index (χ0) is 18.5. The maximum atomic E-state index is 12.0. The average molecular weight is 350 g/mol. The highest BCUT2D eigenvalue weighted by Crippen LogP contribution is 2.20. The number of aromatic nitrogens is 3. The van der Waals surface area contributed by atoms with Crippen LogP contribution in [0.25, 0.3) is 11.4 Å². The van der Waals surface area contributed by atoms with Gasteiger partial charge in [0.05, 0.1) is 0 Å². The molecular formula is C20H22N4O2. The van der Waals surface area contributed by atoms with Gasteiger partial charge in [-0.1, -0.05) is 49.3 Å². The number of hydrogen-bond acceptors (Lipinski definition) is 5. The van der Waals surface area contributed by atoms with Crippen molar-refractivity contribution in [1.82, 2.24) is 15.1 Å². The fraction of sp³-hybridized carbons (Fsp3) is 0.300. The van der Waals surface area contributed by atoms with Crippen molar-refractivity contribution in [2.45, 2.75) is 39.5 Å². The molecule has 1 N–H and O–H groups in total. The predicted molar refractivity (Wildman–Crippen MR) is 99.7 cm³/mol. The SMILES string of the molecule is Cc1ccc(NC(=O)CCc2nc(-c3ccc(C(C)C)cc3)no2)nc1. The first kappa shape index (κ1) is 17.8. The summed E-state index contributed by atoms with van der Waals surface area (Å²) in [5.74, 6) is 1.86. The molecule has 0 aliphatic rings. The molecule has 0 unspecified atom stereocenters. The lowest BCUT2D eigenvalue weighted by Gasteiger charge is -2.04. The topological polar surface area (TPSA) is 80.9 Å². The zero-order valence-corrected chi connectivity index (χ0v) is 15.2. The quantitative estimate of drug-likeness (QED) is 0.723. The van der Waals surface area contributed by atoms with Crippen LogP contribution in [0, 0.1) is 6.92 Å². The number of carbonyl (C=O) groups is 1. The minimum absolute atomic E-state index is 0.137. The summed E-state index contributed by atoms with van der Waals surface area (Å²) in [7, 11) is 0. The number of benzene rings is 1. The monoisotopic (exact) mass is 350 g/mol. The maximum absolute atomic E-state index is 12.0. The van der Waals surface area contributed by atoms with Gasteiger partial charge in [-0.3, -0.25) is 4.79 Å². The number of nitrogens with one attached hydrogen (secondary N) is 1. The molecule has 0 aliphatic heterocycles. The third kappa shape index (κ3) is 4.53. The molecule has 6 nitrogen and oxygen atoms in total. The summed E-state index contributed by atoms with van der Waals surface area (Å²) in [6.45, 7) is 6.25. The van der Waals surface area contributed by atoms with Crippen LogP contribution in [0.3, 0.4) is 0 Å². The maximum Gasteiger partial charge on any atom is 0.227 e. The smallest absolute Gasteiger partial charge is 0.227 e. The van der Waals surface area contributed by atoms with Crippen molar-refractivity contribution in [2.75, 3.05) is 5.32 Å². The average Bonchev–Trinajstić information content (AvgIpc) is 3.11. The summed E-state index contributed by atoms with van der Waals surface area (Å²) in [5, 5.41) is 6.76. The molecule has 0 aliphatic carbocycles. The Kier molecular flexibility index (Phi) is 5.41. The second-order valence-electron chi connectivity index (χ2n) is 6.56. The second-order valence-corrected chi connectivity index (χ2v) is 6.56. The highest BCUT2D eigenvalue weighted by molar-refractivity contribution is 5.89. The first-order valence-electron chi connectivity index (χ1n) is 8.66. The first-order valence-corrected chi connectivity index (χ1v) is 8.66. The lowest BCUT2D eigenvalue weighted by Crippen LogP contribution is -2.13. The number of pyridine rings is 1. The largest absolute Gasteiger partial charge is 0.339 e. The van der Waals surface area contributed by atoms with E-state index >= 15 is 0 Å². The number of hydrogen-bond donors (Lipinski definition) is 1. The van der Waals surface area contributed by atoms with Crippen molar-refractivity contribution >= 4 is 11.7 Å². The molecular weight excluding hydrogens is 328 g/mol. The Morgan fingerprint density at radius 2 is 1.92 bits per heavy atom. The Labute approximate surface area is 152 Å². The molecule has 26 heavy (non-hydrogen) atoms. The van der Waals surface area contributed by atoms with E-state index in [2.05, 4.69) is 46.4 Å². The number of anilines is 1. The van der Waals surface area contributed by atoms with Crippen molar-refractivity contribution < 1.29 is 9.32 Å². The van der Waals surface area contributed by atoms with E-state index in [9.17, 15) is 4.79 Å². The minimum atomic E-state index is -0.137. The van der Waals surface area contributed by atoms with E-state index in [1.54, 1.807) is 12.3 Å². The molecule has 3 rings (SSSR count). The Morgan fingerprint density at radius 1 is 1.15 bits per heavy atom. The molecule has 0 spiro atoms. The van der Waals surface area contributed by atoms with Crippen molar-refractivity contribution in [3.8, 4) is 11.4 Å². The van der Waals surface area contributed by atoms with Gasteiger partial charge in [-0.15, -0.1) is 0 Å². The van der Waals surface area contributed by atoms with Gasteiger partial charge in [0, 0.05) is 24.6 Å². The molecule has 6 heteroatoms. The van der Waals surface area contributed by atoms with Crippen molar-refractivity contribution in [1.29, 1.82) is 0 Å². The Morgan fingerprint density at radius 3 is 2.58 bits per heavy atom. The second kappa shape index (κ2) is 7.91. The van der Waals surface area contributed by atoms with Gasteiger partial charge >= 0.3 is 0 Å². The van der Waals surface area contributed by atoms with Gasteiger partial charge in [0.2, 0.25) is 17.6 Å². The molecule has 2 aromatic heterocycles. The molecule has 0 saturated carbocycles. The van der Waals surface area contributed by atoms with Gasteiger partial charge in [-0.25, -0.2) is 4.98 Å². The molecule has 3 aromatic rings. The summed E-state index contributed by atoms with van der Waals surface area (Å²) in [5.41, 5.74) is 3.21. The van der Waals surface area contributed by atoms with Crippen molar-refractivity contribution in [2.24, 2.45) is 0 Å². The number of amides is 1. The molecule has 0 fully saturated rings. The highest BCUT2D eigenvalue weighted by Gasteiger charge is 2.11. The van der Waals surface area contributed by atoms with Gasteiger partial charge < -0.3 is 9.84 Å². The summed E-state index contributed by atoms with van der Waals surface area (Å²) >= 11 is 0.